The molecule has 0 aliphatic carbocycles. The molecule has 5 nitrogen and oxygen atoms in total. The average Bonchev–Trinajstić information content (AvgIpc) is 2.58. The number of esters is 2. The largest absolute Gasteiger partial charge is 0.462 e. The number of ether oxygens (including phenoxy) is 2. The van der Waals surface area contributed by atoms with Crippen molar-refractivity contribution in [3.8, 4) is 0 Å². The lowest BCUT2D eigenvalue weighted by Gasteiger charge is -2.32. The van der Waals surface area contributed by atoms with E-state index in [2.05, 4.69) is 4.99 Å². The molecule has 1 aliphatic rings. The number of rotatable bonds is 5. The molecule has 0 amide bonds. The Morgan fingerprint density at radius 3 is 2.17 bits per heavy atom. The fraction of sp³-hybridized carbons (Fsp3) is 0.500. The third-order valence-corrected chi connectivity index (χ3v) is 4.57. The lowest BCUT2D eigenvalue weighted by Crippen LogP contribution is -2.37. The predicted molar refractivity (Wildman–Crippen MR) is 106 cm³/mol. The zero-order chi connectivity index (χ0) is 22.8. The van der Waals surface area contributed by atoms with Crippen molar-refractivity contribution in [2.75, 3.05) is 0 Å². The predicted octanol–water partition coefficient (Wildman–Crippen LogP) is 5.06. The zero-order valence-electron chi connectivity index (χ0n) is 17.8. The first kappa shape index (κ1) is 23.6. The number of halogens is 3. The van der Waals surface area contributed by atoms with Crippen molar-refractivity contribution in [3.63, 3.8) is 0 Å². The van der Waals surface area contributed by atoms with E-state index < -0.39 is 47.7 Å². The summed E-state index contributed by atoms with van der Waals surface area (Å²) in [6.45, 7) is 9.83. The standard InChI is InChI=1S/C22H26F3NO4/c1-11(2)29-20(27)17-13(5)26-14(6)18(21(28)30-12(3)4)19(17)15-8-7-9-16(10-15)22(23,24)25/h7-12,17,19H,1-6H3. The molecule has 0 N–H and O–H groups in total. The van der Waals surface area contributed by atoms with E-state index in [9.17, 15) is 22.8 Å². The van der Waals surface area contributed by atoms with E-state index in [1.807, 2.05) is 0 Å². The van der Waals surface area contributed by atoms with Gasteiger partial charge in [0.25, 0.3) is 0 Å². The molecule has 1 aromatic rings. The third-order valence-electron chi connectivity index (χ3n) is 4.57. The summed E-state index contributed by atoms with van der Waals surface area (Å²) in [6, 6.07) is 4.61. The Morgan fingerprint density at radius 1 is 1.03 bits per heavy atom. The van der Waals surface area contributed by atoms with Gasteiger partial charge in [0.05, 0.1) is 23.3 Å². The molecular weight excluding hydrogens is 399 g/mol. The molecule has 1 aromatic carbocycles. The molecule has 30 heavy (non-hydrogen) atoms. The van der Waals surface area contributed by atoms with Gasteiger partial charge in [-0.2, -0.15) is 13.2 Å². The first-order valence-electron chi connectivity index (χ1n) is 9.67. The Balaban J connectivity index is 2.68. The molecule has 0 aromatic heterocycles. The van der Waals surface area contributed by atoms with Crippen molar-refractivity contribution < 1.29 is 32.2 Å². The lowest BCUT2D eigenvalue weighted by atomic mass is 9.75. The van der Waals surface area contributed by atoms with Gasteiger partial charge in [-0.25, -0.2) is 4.79 Å². The van der Waals surface area contributed by atoms with Crippen LogP contribution in [0.3, 0.4) is 0 Å². The molecule has 164 valence electrons. The van der Waals surface area contributed by atoms with E-state index in [0.29, 0.717) is 11.4 Å². The fourth-order valence-electron chi connectivity index (χ4n) is 3.46. The molecule has 2 atom stereocenters. The van der Waals surface area contributed by atoms with Crippen LogP contribution in [0.5, 0.6) is 0 Å². The summed E-state index contributed by atoms with van der Waals surface area (Å²) in [4.78, 5) is 30.1. The van der Waals surface area contributed by atoms with Crippen LogP contribution < -0.4 is 0 Å². The summed E-state index contributed by atoms with van der Waals surface area (Å²) in [6.07, 6.45) is -5.46. The zero-order valence-corrected chi connectivity index (χ0v) is 17.8. The maximum atomic E-state index is 13.3. The SMILES string of the molecule is CC1=NC(C)=C(C(=O)OC(C)C)C(c2cccc(C(F)(F)F)c2)C1C(=O)OC(C)C. The van der Waals surface area contributed by atoms with Crippen LogP contribution in [0.15, 0.2) is 40.5 Å². The molecule has 0 saturated carbocycles. The van der Waals surface area contributed by atoms with Gasteiger partial charge in [-0.15, -0.1) is 0 Å². The maximum absolute atomic E-state index is 13.3. The maximum Gasteiger partial charge on any atom is 0.416 e. The Hall–Kier alpha value is -2.64. The van der Waals surface area contributed by atoms with E-state index in [1.54, 1.807) is 41.5 Å². The van der Waals surface area contributed by atoms with Gasteiger partial charge in [-0.1, -0.05) is 18.2 Å². The topological polar surface area (TPSA) is 65.0 Å². The van der Waals surface area contributed by atoms with E-state index in [-0.39, 0.29) is 11.1 Å². The fourth-order valence-corrected chi connectivity index (χ4v) is 3.46. The Labute approximate surface area is 174 Å². The van der Waals surface area contributed by atoms with Crippen molar-refractivity contribution in [1.29, 1.82) is 0 Å². The highest BCUT2D eigenvalue weighted by Crippen LogP contribution is 2.42. The monoisotopic (exact) mass is 425 g/mol. The van der Waals surface area contributed by atoms with Crippen LogP contribution in [0.2, 0.25) is 0 Å². The quantitative estimate of drug-likeness (QED) is 0.619. The van der Waals surface area contributed by atoms with Crippen LogP contribution in [-0.2, 0) is 25.2 Å². The van der Waals surface area contributed by atoms with E-state index >= 15 is 0 Å². The summed E-state index contributed by atoms with van der Waals surface area (Å²) in [5, 5.41) is 0. The van der Waals surface area contributed by atoms with Gasteiger partial charge in [0.15, 0.2) is 0 Å². The molecule has 1 aliphatic heterocycles. The van der Waals surface area contributed by atoms with Crippen molar-refractivity contribution in [3.05, 3.63) is 46.7 Å². The van der Waals surface area contributed by atoms with Gasteiger partial charge in [0.2, 0.25) is 0 Å². The van der Waals surface area contributed by atoms with Crippen molar-refractivity contribution in [2.45, 2.75) is 65.8 Å². The van der Waals surface area contributed by atoms with Gasteiger partial charge < -0.3 is 9.47 Å². The van der Waals surface area contributed by atoms with Crippen LogP contribution in [0.4, 0.5) is 13.2 Å². The van der Waals surface area contributed by atoms with E-state index in [4.69, 9.17) is 9.47 Å². The molecule has 2 unspecified atom stereocenters. The normalized spacial score (nSPS) is 19.8. The van der Waals surface area contributed by atoms with Crippen LogP contribution in [0, 0.1) is 5.92 Å². The number of nitrogens with zero attached hydrogens (tertiary/aromatic N) is 1. The second kappa shape index (κ2) is 9.02. The molecule has 1 heterocycles. The van der Waals surface area contributed by atoms with Gasteiger partial charge in [0.1, 0.15) is 5.92 Å². The van der Waals surface area contributed by atoms with Gasteiger partial charge in [-0.05, 0) is 53.2 Å². The second-order valence-electron chi connectivity index (χ2n) is 7.77. The van der Waals surface area contributed by atoms with Crippen LogP contribution in [0.1, 0.15) is 58.6 Å². The van der Waals surface area contributed by atoms with E-state index in [1.165, 1.54) is 12.1 Å². The molecule has 0 spiro atoms. The van der Waals surface area contributed by atoms with Gasteiger partial charge in [-0.3, -0.25) is 9.79 Å². The third kappa shape index (κ3) is 5.29. The molecule has 0 fully saturated rings. The first-order valence-corrected chi connectivity index (χ1v) is 9.67. The second-order valence-corrected chi connectivity index (χ2v) is 7.77. The highest BCUT2D eigenvalue weighted by Gasteiger charge is 2.43. The minimum absolute atomic E-state index is 0.0549. The van der Waals surface area contributed by atoms with Gasteiger partial charge >= 0.3 is 18.1 Å². The van der Waals surface area contributed by atoms with Crippen LogP contribution >= 0.6 is 0 Å². The first-order chi connectivity index (χ1) is 13.8. The number of carbonyl (C=O) groups is 2. The Morgan fingerprint density at radius 2 is 1.63 bits per heavy atom. The van der Waals surface area contributed by atoms with Crippen molar-refractivity contribution in [1.82, 2.24) is 0 Å². The van der Waals surface area contributed by atoms with Crippen LogP contribution in [-0.4, -0.2) is 29.9 Å². The summed E-state index contributed by atoms with van der Waals surface area (Å²) in [5.74, 6) is -3.43. The number of hydrogen-bond acceptors (Lipinski definition) is 5. The lowest BCUT2D eigenvalue weighted by molar-refractivity contribution is -0.150. The van der Waals surface area contributed by atoms with E-state index in [0.717, 1.165) is 12.1 Å². The summed E-state index contributed by atoms with van der Waals surface area (Å²) < 4.78 is 50.6. The highest BCUT2D eigenvalue weighted by atomic mass is 19.4. The molecular formula is C22H26F3NO4. The number of benzene rings is 1. The summed E-state index contributed by atoms with van der Waals surface area (Å²) in [7, 11) is 0. The smallest absolute Gasteiger partial charge is 0.416 e. The molecule has 2 rings (SSSR count). The van der Waals surface area contributed by atoms with Crippen molar-refractivity contribution >= 4 is 17.7 Å². The number of alkyl halides is 3. The molecule has 0 radical (unpaired) electrons. The molecule has 0 bridgehead atoms. The van der Waals surface area contributed by atoms with Gasteiger partial charge in [0, 0.05) is 17.3 Å². The number of allylic oxidation sites excluding steroid dienone is 1. The molecule has 0 saturated heterocycles. The Kier molecular flexibility index (Phi) is 7.10. The number of carbonyl (C=O) groups excluding carboxylic acids is 2. The number of hydrogen-bond donors (Lipinski definition) is 0. The highest BCUT2D eigenvalue weighted by molar-refractivity contribution is 6.07. The number of aliphatic imine (C=N–C) groups is 1. The van der Waals surface area contributed by atoms with Crippen molar-refractivity contribution in [2.24, 2.45) is 10.9 Å². The molecule has 8 heteroatoms. The average molecular weight is 425 g/mol. The summed E-state index contributed by atoms with van der Waals surface area (Å²) >= 11 is 0. The summed E-state index contributed by atoms with van der Waals surface area (Å²) in [5.41, 5.74) is 0.0142. The van der Waals surface area contributed by atoms with Crippen LogP contribution in [0.25, 0.3) is 0 Å². The minimum atomic E-state index is -4.57. The Bertz CT molecular complexity index is 885. The minimum Gasteiger partial charge on any atom is -0.462 e.